The minimum atomic E-state index is 0.599. The Balaban J connectivity index is 2.02. The quantitative estimate of drug-likeness (QED) is 0.913. The fourth-order valence-corrected chi connectivity index (χ4v) is 2.61. The molecule has 2 aromatic rings. The zero-order chi connectivity index (χ0) is 14.7. The molecule has 5 heteroatoms. The van der Waals surface area contributed by atoms with E-state index in [1.165, 1.54) is 0 Å². The molecule has 0 atom stereocenters. The van der Waals surface area contributed by atoms with Gasteiger partial charge in [0, 0.05) is 28.6 Å². The van der Waals surface area contributed by atoms with Crippen molar-refractivity contribution in [3.8, 4) is 11.4 Å². The average Bonchev–Trinajstić information content (AvgIpc) is 2.53. The van der Waals surface area contributed by atoms with E-state index in [9.17, 15) is 0 Å². The van der Waals surface area contributed by atoms with Gasteiger partial charge in [0.05, 0.1) is 18.9 Å². The van der Waals surface area contributed by atoms with E-state index >= 15 is 0 Å². The van der Waals surface area contributed by atoms with E-state index in [1.54, 1.807) is 0 Å². The van der Waals surface area contributed by atoms with Gasteiger partial charge in [-0.2, -0.15) is 0 Å². The molecule has 2 heterocycles. The third-order valence-electron chi connectivity index (χ3n) is 3.47. The minimum absolute atomic E-state index is 0.599. The Bertz CT molecular complexity index is 628. The van der Waals surface area contributed by atoms with E-state index in [1.807, 2.05) is 24.3 Å². The summed E-state index contributed by atoms with van der Waals surface area (Å²) in [5, 5.41) is 3.40. The highest BCUT2D eigenvalue weighted by atomic mass is 79.9. The van der Waals surface area contributed by atoms with E-state index in [2.05, 4.69) is 28.2 Å². The largest absolute Gasteiger partial charge is 0.376 e. The van der Waals surface area contributed by atoms with Crippen LogP contribution in [0.25, 0.3) is 11.4 Å². The van der Waals surface area contributed by atoms with Crippen molar-refractivity contribution in [3.05, 3.63) is 40.0 Å². The Hall–Kier alpha value is -1.46. The maximum absolute atomic E-state index is 5.55. The number of hydrogen-bond donors (Lipinski definition) is 1. The topological polar surface area (TPSA) is 47.0 Å². The number of hydrogen-bond acceptors (Lipinski definition) is 4. The highest BCUT2D eigenvalue weighted by molar-refractivity contribution is 9.10. The summed E-state index contributed by atoms with van der Waals surface area (Å²) >= 11 is 3.46. The van der Waals surface area contributed by atoms with E-state index in [-0.39, 0.29) is 0 Å². The molecule has 1 aromatic carbocycles. The number of rotatable bonds is 4. The number of anilines is 1. The minimum Gasteiger partial charge on any atom is -0.376 e. The average molecular weight is 348 g/mol. The van der Waals surface area contributed by atoms with Gasteiger partial charge in [0.15, 0.2) is 5.82 Å². The molecule has 1 aromatic heterocycles. The van der Waals surface area contributed by atoms with Crippen molar-refractivity contribution >= 4 is 21.7 Å². The fraction of sp³-hybridized carbons (Fsp3) is 0.375. The molecule has 1 aliphatic heterocycles. The van der Waals surface area contributed by atoms with Crippen molar-refractivity contribution < 1.29 is 4.74 Å². The van der Waals surface area contributed by atoms with Crippen LogP contribution in [0.15, 0.2) is 28.7 Å². The lowest BCUT2D eigenvalue weighted by atomic mass is 10.1. The third kappa shape index (κ3) is 3.24. The van der Waals surface area contributed by atoms with E-state index < -0.39 is 0 Å². The zero-order valence-electron chi connectivity index (χ0n) is 12.0. The van der Waals surface area contributed by atoms with Crippen LogP contribution in [0.2, 0.25) is 0 Å². The molecule has 0 bridgehead atoms. The van der Waals surface area contributed by atoms with E-state index in [4.69, 9.17) is 14.7 Å². The standard InChI is InChI=1S/C16H18BrN3O/c1-2-8-18-16-13-10-21-9-7-14(13)19-15(20-16)11-3-5-12(17)6-4-11/h3-6H,2,7-10H2,1H3,(H,18,19,20). The van der Waals surface area contributed by atoms with Crippen LogP contribution in [0, 0.1) is 0 Å². The smallest absolute Gasteiger partial charge is 0.161 e. The lowest BCUT2D eigenvalue weighted by Crippen LogP contribution is -2.17. The first-order valence-corrected chi connectivity index (χ1v) is 8.04. The normalized spacial score (nSPS) is 13.8. The molecule has 0 spiro atoms. The van der Waals surface area contributed by atoms with Gasteiger partial charge in [-0.1, -0.05) is 35.0 Å². The molecular formula is C16H18BrN3O. The molecule has 0 fully saturated rings. The van der Waals surface area contributed by atoms with Crippen molar-refractivity contribution in [2.75, 3.05) is 18.5 Å². The van der Waals surface area contributed by atoms with Gasteiger partial charge in [0.2, 0.25) is 0 Å². The summed E-state index contributed by atoms with van der Waals surface area (Å²) in [6, 6.07) is 8.10. The summed E-state index contributed by atoms with van der Waals surface area (Å²) in [4.78, 5) is 9.44. The summed E-state index contributed by atoms with van der Waals surface area (Å²) < 4.78 is 6.61. The highest BCUT2D eigenvalue weighted by Gasteiger charge is 2.18. The zero-order valence-corrected chi connectivity index (χ0v) is 13.6. The van der Waals surface area contributed by atoms with Crippen molar-refractivity contribution in [2.45, 2.75) is 26.4 Å². The highest BCUT2D eigenvalue weighted by Crippen LogP contribution is 2.26. The number of nitrogens with one attached hydrogen (secondary N) is 1. The number of nitrogens with zero attached hydrogens (tertiary/aromatic N) is 2. The lowest BCUT2D eigenvalue weighted by Gasteiger charge is -2.20. The first-order chi connectivity index (χ1) is 10.3. The Kier molecular flexibility index (Phi) is 4.51. The Morgan fingerprint density at radius 1 is 1.24 bits per heavy atom. The van der Waals surface area contributed by atoms with Crippen LogP contribution in [-0.2, 0) is 17.8 Å². The summed E-state index contributed by atoms with van der Waals surface area (Å²) in [6.45, 7) is 4.38. The maximum Gasteiger partial charge on any atom is 0.161 e. The van der Waals surface area contributed by atoms with Gasteiger partial charge in [-0.05, 0) is 18.6 Å². The van der Waals surface area contributed by atoms with Crippen LogP contribution < -0.4 is 5.32 Å². The van der Waals surface area contributed by atoms with E-state index in [0.717, 1.165) is 58.9 Å². The maximum atomic E-state index is 5.55. The van der Waals surface area contributed by atoms with Gasteiger partial charge < -0.3 is 10.1 Å². The van der Waals surface area contributed by atoms with Crippen LogP contribution in [0.5, 0.6) is 0 Å². The molecule has 110 valence electrons. The van der Waals surface area contributed by atoms with Gasteiger partial charge >= 0.3 is 0 Å². The molecule has 0 radical (unpaired) electrons. The number of halogens is 1. The summed E-state index contributed by atoms with van der Waals surface area (Å²) in [5.74, 6) is 1.70. The third-order valence-corrected chi connectivity index (χ3v) is 4.00. The molecule has 1 N–H and O–H groups in total. The Morgan fingerprint density at radius 3 is 2.81 bits per heavy atom. The number of fused-ring (bicyclic) bond motifs is 1. The van der Waals surface area contributed by atoms with Crippen molar-refractivity contribution in [1.82, 2.24) is 9.97 Å². The molecule has 3 rings (SSSR count). The van der Waals surface area contributed by atoms with Crippen molar-refractivity contribution in [1.29, 1.82) is 0 Å². The summed E-state index contributed by atoms with van der Waals surface area (Å²) in [6.07, 6.45) is 1.91. The predicted octanol–water partition coefficient (Wildman–Crippen LogP) is 3.80. The fourth-order valence-electron chi connectivity index (χ4n) is 2.35. The van der Waals surface area contributed by atoms with Crippen LogP contribution in [0.4, 0.5) is 5.82 Å². The predicted molar refractivity (Wildman–Crippen MR) is 87.3 cm³/mol. The summed E-state index contributed by atoms with van der Waals surface area (Å²) in [7, 11) is 0. The Labute approximate surface area is 133 Å². The molecule has 0 unspecified atom stereocenters. The van der Waals surface area contributed by atoms with Crippen LogP contribution in [-0.4, -0.2) is 23.1 Å². The van der Waals surface area contributed by atoms with Crippen LogP contribution in [0.3, 0.4) is 0 Å². The number of aromatic nitrogens is 2. The number of benzene rings is 1. The second-order valence-electron chi connectivity index (χ2n) is 5.06. The molecule has 4 nitrogen and oxygen atoms in total. The first-order valence-electron chi connectivity index (χ1n) is 7.25. The van der Waals surface area contributed by atoms with Gasteiger partial charge in [-0.25, -0.2) is 9.97 Å². The second kappa shape index (κ2) is 6.54. The Morgan fingerprint density at radius 2 is 2.05 bits per heavy atom. The van der Waals surface area contributed by atoms with Gasteiger partial charge in [0.1, 0.15) is 5.82 Å². The van der Waals surface area contributed by atoms with Crippen molar-refractivity contribution in [3.63, 3.8) is 0 Å². The molecule has 0 aliphatic carbocycles. The lowest BCUT2D eigenvalue weighted by molar-refractivity contribution is 0.109. The first kappa shape index (κ1) is 14.5. The SMILES string of the molecule is CCCNc1nc(-c2ccc(Br)cc2)nc2c1COCC2. The van der Waals surface area contributed by atoms with Crippen LogP contribution >= 0.6 is 15.9 Å². The van der Waals surface area contributed by atoms with Gasteiger partial charge in [-0.15, -0.1) is 0 Å². The van der Waals surface area contributed by atoms with Crippen LogP contribution in [0.1, 0.15) is 24.6 Å². The number of ether oxygens (including phenoxy) is 1. The van der Waals surface area contributed by atoms with Crippen molar-refractivity contribution in [2.24, 2.45) is 0 Å². The molecule has 1 aliphatic rings. The van der Waals surface area contributed by atoms with E-state index in [0.29, 0.717) is 6.61 Å². The summed E-state index contributed by atoms with van der Waals surface area (Å²) in [5.41, 5.74) is 3.25. The molecule has 0 saturated carbocycles. The molecule has 21 heavy (non-hydrogen) atoms. The monoisotopic (exact) mass is 347 g/mol. The molecular weight excluding hydrogens is 330 g/mol. The van der Waals surface area contributed by atoms with Gasteiger partial charge in [0.25, 0.3) is 0 Å². The second-order valence-corrected chi connectivity index (χ2v) is 5.97. The molecule has 0 saturated heterocycles. The molecule has 0 amide bonds. The van der Waals surface area contributed by atoms with Gasteiger partial charge in [-0.3, -0.25) is 0 Å².